The van der Waals surface area contributed by atoms with Crippen LogP contribution in [-0.2, 0) is 4.79 Å². The van der Waals surface area contributed by atoms with Crippen molar-refractivity contribution in [3.8, 4) is 5.75 Å². The highest BCUT2D eigenvalue weighted by atomic mass is 16.5. The molecular formula is C15H13NO3. The number of aliphatic carboxylic acids is 1. The van der Waals surface area contributed by atoms with Crippen LogP contribution in [0.15, 0.2) is 42.5 Å². The maximum absolute atomic E-state index is 10.4. The van der Waals surface area contributed by atoms with Gasteiger partial charge in [0.05, 0.1) is 18.5 Å². The third kappa shape index (κ3) is 2.25. The van der Waals surface area contributed by atoms with Gasteiger partial charge in [-0.3, -0.25) is 4.79 Å². The predicted molar refractivity (Wildman–Crippen MR) is 73.6 cm³/mol. The maximum Gasteiger partial charge on any atom is 0.306 e. The van der Waals surface area contributed by atoms with Gasteiger partial charge in [0.25, 0.3) is 0 Å². The number of rotatable bonds is 4. The number of carboxylic acids is 1. The van der Waals surface area contributed by atoms with E-state index >= 15 is 0 Å². The van der Waals surface area contributed by atoms with E-state index in [9.17, 15) is 4.79 Å². The van der Waals surface area contributed by atoms with E-state index in [0.29, 0.717) is 5.75 Å². The van der Waals surface area contributed by atoms with Crippen molar-refractivity contribution >= 4 is 27.8 Å². The Kier molecular flexibility index (Phi) is 2.83. The molecule has 0 aliphatic rings. The molecule has 0 aliphatic heterocycles. The zero-order chi connectivity index (χ0) is 13.2. The summed E-state index contributed by atoms with van der Waals surface area (Å²) >= 11 is 0. The Labute approximate surface area is 109 Å². The topological polar surface area (TPSA) is 62.3 Å². The van der Waals surface area contributed by atoms with Gasteiger partial charge in [-0.05, 0) is 18.2 Å². The third-order valence-corrected chi connectivity index (χ3v) is 3.06. The molecule has 1 heterocycles. The Morgan fingerprint density at radius 1 is 1.11 bits per heavy atom. The molecule has 4 nitrogen and oxygen atoms in total. The van der Waals surface area contributed by atoms with Crippen LogP contribution < -0.4 is 4.74 Å². The number of para-hydroxylation sites is 1. The molecule has 2 N–H and O–H groups in total. The minimum absolute atomic E-state index is 0.00470. The molecule has 0 spiro atoms. The first-order chi connectivity index (χ1) is 9.24. The van der Waals surface area contributed by atoms with Crippen molar-refractivity contribution in [2.24, 2.45) is 0 Å². The number of H-pyrrole nitrogens is 1. The fourth-order valence-electron chi connectivity index (χ4n) is 2.18. The van der Waals surface area contributed by atoms with E-state index in [1.807, 2.05) is 36.4 Å². The van der Waals surface area contributed by atoms with Crippen LogP contribution in [0.3, 0.4) is 0 Å². The Morgan fingerprint density at radius 2 is 1.89 bits per heavy atom. The van der Waals surface area contributed by atoms with Gasteiger partial charge in [0.2, 0.25) is 0 Å². The molecule has 0 atom stereocenters. The lowest BCUT2D eigenvalue weighted by atomic mass is 10.1. The van der Waals surface area contributed by atoms with Gasteiger partial charge in [0, 0.05) is 22.4 Å². The summed E-state index contributed by atoms with van der Waals surface area (Å²) in [7, 11) is 0. The Balaban J connectivity index is 1.92. The highest BCUT2D eigenvalue weighted by Crippen LogP contribution is 2.28. The number of hydrogen-bond donors (Lipinski definition) is 2. The molecule has 19 heavy (non-hydrogen) atoms. The van der Waals surface area contributed by atoms with Crippen LogP contribution >= 0.6 is 0 Å². The summed E-state index contributed by atoms with van der Waals surface area (Å²) in [6, 6.07) is 13.8. The Bertz CT molecular complexity index is 745. The van der Waals surface area contributed by atoms with E-state index in [-0.39, 0.29) is 13.0 Å². The van der Waals surface area contributed by atoms with Gasteiger partial charge in [-0.15, -0.1) is 0 Å². The van der Waals surface area contributed by atoms with E-state index in [1.54, 1.807) is 0 Å². The fourth-order valence-corrected chi connectivity index (χ4v) is 2.18. The summed E-state index contributed by atoms with van der Waals surface area (Å²) in [5.41, 5.74) is 2.08. The van der Waals surface area contributed by atoms with Crippen LogP contribution in [0.25, 0.3) is 21.8 Å². The smallest absolute Gasteiger partial charge is 0.306 e. The van der Waals surface area contributed by atoms with Crippen molar-refractivity contribution in [3.63, 3.8) is 0 Å². The standard InChI is InChI=1S/C15H13NO3/c17-15(18)7-8-19-10-5-6-12-11-3-1-2-4-13(11)16-14(12)9-10/h1-6,9,16H,7-8H2,(H,17,18). The van der Waals surface area contributed by atoms with Crippen molar-refractivity contribution in [2.45, 2.75) is 6.42 Å². The quantitative estimate of drug-likeness (QED) is 0.752. The molecule has 0 bridgehead atoms. The highest BCUT2D eigenvalue weighted by Gasteiger charge is 2.05. The number of fused-ring (bicyclic) bond motifs is 3. The minimum atomic E-state index is -0.855. The second-order valence-electron chi connectivity index (χ2n) is 4.37. The summed E-state index contributed by atoms with van der Waals surface area (Å²) < 4.78 is 5.42. The zero-order valence-electron chi connectivity index (χ0n) is 10.2. The van der Waals surface area contributed by atoms with Crippen LogP contribution in [0.1, 0.15) is 6.42 Å². The molecule has 0 aliphatic carbocycles. The van der Waals surface area contributed by atoms with Crippen molar-refractivity contribution in [2.75, 3.05) is 6.61 Å². The zero-order valence-corrected chi connectivity index (χ0v) is 10.2. The molecule has 2 aromatic carbocycles. The van der Waals surface area contributed by atoms with E-state index < -0.39 is 5.97 Å². The highest BCUT2D eigenvalue weighted by molar-refractivity contribution is 6.07. The molecule has 0 saturated carbocycles. The molecule has 3 aromatic rings. The molecule has 0 unspecified atom stereocenters. The number of nitrogens with one attached hydrogen (secondary N) is 1. The molecule has 1 aromatic heterocycles. The Morgan fingerprint density at radius 3 is 2.74 bits per heavy atom. The number of aromatic nitrogens is 1. The average molecular weight is 255 g/mol. The molecule has 96 valence electrons. The second kappa shape index (κ2) is 4.65. The van der Waals surface area contributed by atoms with Crippen molar-refractivity contribution < 1.29 is 14.6 Å². The molecular weight excluding hydrogens is 242 g/mol. The lowest BCUT2D eigenvalue weighted by molar-refractivity contribution is -0.137. The van der Waals surface area contributed by atoms with Gasteiger partial charge in [0.15, 0.2) is 0 Å². The van der Waals surface area contributed by atoms with Crippen molar-refractivity contribution in [1.82, 2.24) is 4.98 Å². The number of hydrogen-bond acceptors (Lipinski definition) is 2. The molecule has 0 amide bonds. The van der Waals surface area contributed by atoms with E-state index in [1.165, 1.54) is 5.39 Å². The molecule has 4 heteroatoms. The van der Waals surface area contributed by atoms with Crippen LogP contribution in [0.5, 0.6) is 5.75 Å². The number of carboxylic acid groups (broad SMARTS) is 1. The largest absolute Gasteiger partial charge is 0.493 e. The third-order valence-electron chi connectivity index (χ3n) is 3.06. The summed E-state index contributed by atoms with van der Waals surface area (Å²) in [4.78, 5) is 13.8. The van der Waals surface area contributed by atoms with Crippen LogP contribution in [0.2, 0.25) is 0 Å². The lowest BCUT2D eigenvalue weighted by Crippen LogP contribution is -2.04. The lowest BCUT2D eigenvalue weighted by Gasteiger charge is -2.04. The molecule has 0 radical (unpaired) electrons. The summed E-state index contributed by atoms with van der Waals surface area (Å²) in [5.74, 6) is -0.174. The first-order valence-electron chi connectivity index (χ1n) is 6.09. The van der Waals surface area contributed by atoms with Gasteiger partial charge in [-0.25, -0.2) is 0 Å². The molecule has 0 fully saturated rings. The first-order valence-corrected chi connectivity index (χ1v) is 6.09. The van der Waals surface area contributed by atoms with Crippen LogP contribution in [0.4, 0.5) is 0 Å². The Hall–Kier alpha value is -2.49. The minimum Gasteiger partial charge on any atom is -0.493 e. The van der Waals surface area contributed by atoms with E-state index in [0.717, 1.165) is 16.4 Å². The monoisotopic (exact) mass is 255 g/mol. The molecule has 0 saturated heterocycles. The van der Waals surface area contributed by atoms with Gasteiger partial charge < -0.3 is 14.8 Å². The number of benzene rings is 2. The van der Waals surface area contributed by atoms with Gasteiger partial charge in [0.1, 0.15) is 5.75 Å². The normalized spacial score (nSPS) is 10.9. The predicted octanol–water partition coefficient (Wildman–Crippen LogP) is 3.17. The SMILES string of the molecule is O=C(O)CCOc1ccc2c(c1)[nH]c1ccccc12. The van der Waals surface area contributed by atoms with Gasteiger partial charge >= 0.3 is 5.97 Å². The van der Waals surface area contributed by atoms with Crippen LogP contribution in [0, 0.1) is 0 Å². The number of aromatic amines is 1. The second-order valence-corrected chi connectivity index (χ2v) is 4.37. The molecule has 3 rings (SSSR count). The van der Waals surface area contributed by atoms with Crippen molar-refractivity contribution in [3.05, 3.63) is 42.5 Å². The van der Waals surface area contributed by atoms with E-state index in [4.69, 9.17) is 9.84 Å². The number of carbonyl (C=O) groups is 1. The average Bonchev–Trinajstić information content (AvgIpc) is 2.76. The van der Waals surface area contributed by atoms with Gasteiger partial charge in [-0.2, -0.15) is 0 Å². The summed E-state index contributed by atoms with van der Waals surface area (Å²) in [5, 5.41) is 10.9. The van der Waals surface area contributed by atoms with Crippen molar-refractivity contribution in [1.29, 1.82) is 0 Å². The summed E-state index contributed by atoms with van der Waals surface area (Å²) in [6.07, 6.45) is 0.00470. The maximum atomic E-state index is 10.4. The number of ether oxygens (including phenoxy) is 1. The van der Waals surface area contributed by atoms with E-state index in [2.05, 4.69) is 11.1 Å². The first kappa shape index (κ1) is 11.6. The van der Waals surface area contributed by atoms with Crippen LogP contribution in [-0.4, -0.2) is 22.7 Å². The van der Waals surface area contributed by atoms with Gasteiger partial charge in [-0.1, -0.05) is 18.2 Å². The fraction of sp³-hybridized carbons (Fsp3) is 0.133. The summed E-state index contributed by atoms with van der Waals surface area (Å²) in [6.45, 7) is 0.182.